The van der Waals surface area contributed by atoms with E-state index in [-0.39, 0.29) is 18.4 Å². The largest absolute Gasteiger partial charge is 0.477 e. The Labute approximate surface area is 149 Å². The quantitative estimate of drug-likeness (QED) is 0.892. The van der Waals surface area contributed by atoms with E-state index in [4.69, 9.17) is 4.74 Å². The summed E-state index contributed by atoms with van der Waals surface area (Å²) in [5.41, 5.74) is 0.769. The molecule has 0 unspecified atom stereocenters. The molecule has 1 aliphatic carbocycles. The summed E-state index contributed by atoms with van der Waals surface area (Å²) in [6.07, 6.45) is 8.60. The number of ether oxygens (including phenoxy) is 1. The Bertz CT molecular complexity index is 611. The van der Waals surface area contributed by atoms with Crippen molar-refractivity contribution in [3.8, 4) is 5.75 Å². The van der Waals surface area contributed by atoms with Crippen molar-refractivity contribution in [2.24, 2.45) is 5.92 Å². The average Bonchev–Trinajstić information content (AvgIpc) is 2.67. The minimum absolute atomic E-state index is 0.0838. The lowest BCUT2D eigenvalue weighted by atomic mass is 9.86. The predicted molar refractivity (Wildman–Crippen MR) is 97.7 cm³/mol. The molecular weight excluding hydrogens is 316 g/mol. The summed E-state index contributed by atoms with van der Waals surface area (Å²) in [6.45, 7) is 0.277. The smallest absolute Gasteiger partial charge is 0.262 e. The zero-order valence-electron chi connectivity index (χ0n) is 15.0. The van der Waals surface area contributed by atoms with E-state index in [0.717, 1.165) is 24.4 Å². The molecule has 0 spiro atoms. The molecule has 1 aromatic rings. The van der Waals surface area contributed by atoms with Gasteiger partial charge in [0.1, 0.15) is 5.75 Å². The normalized spacial score (nSPS) is 20.5. The number of hydrogen-bond acceptors (Lipinski definition) is 3. The first kappa shape index (κ1) is 17.8. The molecule has 0 saturated heterocycles. The lowest BCUT2D eigenvalue weighted by Gasteiger charge is -2.34. The molecule has 1 aromatic carbocycles. The zero-order valence-corrected chi connectivity index (χ0v) is 15.0. The van der Waals surface area contributed by atoms with Gasteiger partial charge in [-0.2, -0.15) is 0 Å². The monoisotopic (exact) mass is 344 g/mol. The maximum Gasteiger partial charge on any atom is 0.262 e. The van der Waals surface area contributed by atoms with Gasteiger partial charge in [-0.15, -0.1) is 0 Å². The van der Waals surface area contributed by atoms with Gasteiger partial charge in [-0.05, 0) is 30.9 Å². The Morgan fingerprint density at radius 2 is 1.96 bits per heavy atom. The van der Waals surface area contributed by atoms with Gasteiger partial charge in [0.15, 0.2) is 6.10 Å². The fraction of sp³-hybridized carbons (Fsp3) is 0.600. The molecule has 1 heterocycles. The molecule has 1 saturated carbocycles. The van der Waals surface area contributed by atoms with Gasteiger partial charge < -0.3 is 15.0 Å². The van der Waals surface area contributed by atoms with Gasteiger partial charge in [0.25, 0.3) is 5.91 Å². The Morgan fingerprint density at radius 3 is 2.72 bits per heavy atom. The van der Waals surface area contributed by atoms with Crippen LogP contribution in [0.4, 0.5) is 5.69 Å². The minimum Gasteiger partial charge on any atom is -0.477 e. The Balaban J connectivity index is 1.62. The summed E-state index contributed by atoms with van der Waals surface area (Å²) in [6, 6.07) is 7.45. The summed E-state index contributed by atoms with van der Waals surface area (Å²) >= 11 is 0. The van der Waals surface area contributed by atoms with Crippen molar-refractivity contribution in [3.63, 3.8) is 0 Å². The number of nitrogens with one attached hydrogen (secondary N) is 1. The summed E-state index contributed by atoms with van der Waals surface area (Å²) in [7, 11) is 1.59. The second-order valence-corrected chi connectivity index (χ2v) is 7.09. The Hall–Kier alpha value is -2.04. The highest BCUT2D eigenvalue weighted by Crippen LogP contribution is 2.34. The molecule has 25 heavy (non-hydrogen) atoms. The number of amides is 2. The molecule has 1 atom stereocenters. The summed E-state index contributed by atoms with van der Waals surface area (Å²) in [5, 5.41) is 2.61. The maximum absolute atomic E-state index is 12.8. The van der Waals surface area contributed by atoms with E-state index in [2.05, 4.69) is 5.32 Å². The van der Waals surface area contributed by atoms with E-state index < -0.39 is 6.10 Å². The van der Waals surface area contributed by atoms with E-state index in [1.54, 1.807) is 11.9 Å². The summed E-state index contributed by atoms with van der Waals surface area (Å²) < 4.78 is 5.76. The fourth-order valence-electron chi connectivity index (χ4n) is 3.92. The molecule has 0 radical (unpaired) electrons. The molecule has 2 amide bonds. The number of fused-ring (bicyclic) bond motifs is 1. The summed E-state index contributed by atoms with van der Waals surface area (Å²) in [4.78, 5) is 26.5. The molecular formula is C20H28N2O3. The van der Waals surface area contributed by atoms with Gasteiger partial charge in [-0.3, -0.25) is 9.59 Å². The fourth-order valence-corrected chi connectivity index (χ4v) is 3.92. The highest BCUT2D eigenvalue weighted by Gasteiger charge is 2.33. The van der Waals surface area contributed by atoms with Crippen LogP contribution in [0.3, 0.4) is 0 Å². The van der Waals surface area contributed by atoms with Crippen molar-refractivity contribution >= 4 is 17.5 Å². The number of carbonyl (C=O) groups excluding carboxylic acids is 2. The average molecular weight is 344 g/mol. The van der Waals surface area contributed by atoms with Crippen LogP contribution in [0.2, 0.25) is 0 Å². The van der Waals surface area contributed by atoms with Crippen LogP contribution in [0, 0.1) is 5.92 Å². The highest BCUT2D eigenvalue weighted by atomic mass is 16.5. The number of hydrogen-bond donors (Lipinski definition) is 1. The van der Waals surface area contributed by atoms with Crippen molar-refractivity contribution in [1.29, 1.82) is 0 Å². The van der Waals surface area contributed by atoms with Crippen LogP contribution in [0.5, 0.6) is 5.75 Å². The van der Waals surface area contributed by atoms with Crippen molar-refractivity contribution in [2.75, 3.05) is 18.5 Å². The zero-order chi connectivity index (χ0) is 17.6. The molecule has 5 nitrogen and oxygen atoms in total. The second kappa shape index (κ2) is 8.37. The van der Waals surface area contributed by atoms with Gasteiger partial charge in [0, 0.05) is 13.5 Å². The van der Waals surface area contributed by atoms with Crippen molar-refractivity contribution in [2.45, 2.75) is 57.5 Å². The first-order valence-electron chi connectivity index (χ1n) is 9.46. The van der Waals surface area contributed by atoms with Gasteiger partial charge in [-0.1, -0.05) is 44.2 Å². The standard InChI is InChI=1S/C20H28N2O3/c1-21-20(24)18-14-22(16-11-5-6-12-17(16)25-18)19(23)13-7-10-15-8-3-2-4-9-15/h5-6,11-12,15,18H,2-4,7-10,13-14H2,1H3,(H,21,24)/t18-/m0/s1. The van der Waals surface area contributed by atoms with E-state index in [0.29, 0.717) is 12.2 Å². The van der Waals surface area contributed by atoms with Crippen LogP contribution in [-0.2, 0) is 9.59 Å². The molecule has 3 rings (SSSR count). The van der Waals surface area contributed by atoms with Gasteiger partial charge >= 0.3 is 0 Å². The number of nitrogens with zero attached hydrogens (tertiary/aromatic N) is 1. The minimum atomic E-state index is -0.651. The van der Waals surface area contributed by atoms with E-state index >= 15 is 0 Å². The van der Waals surface area contributed by atoms with E-state index in [1.165, 1.54) is 32.1 Å². The number of para-hydroxylation sites is 2. The number of carbonyl (C=O) groups is 2. The Morgan fingerprint density at radius 1 is 1.20 bits per heavy atom. The van der Waals surface area contributed by atoms with Crippen LogP contribution in [-0.4, -0.2) is 31.5 Å². The lowest BCUT2D eigenvalue weighted by molar-refractivity contribution is -0.127. The number of anilines is 1. The first-order valence-corrected chi connectivity index (χ1v) is 9.46. The maximum atomic E-state index is 12.8. The van der Waals surface area contributed by atoms with Gasteiger partial charge in [-0.25, -0.2) is 0 Å². The van der Waals surface area contributed by atoms with Crippen LogP contribution < -0.4 is 15.0 Å². The topological polar surface area (TPSA) is 58.6 Å². The first-order chi connectivity index (χ1) is 12.2. The van der Waals surface area contributed by atoms with Crippen molar-refractivity contribution in [3.05, 3.63) is 24.3 Å². The molecule has 0 aromatic heterocycles. The molecule has 5 heteroatoms. The predicted octanol–water partition coefficient (Wildman–Crippen LogP) is 3.28. The summed E-state index contributed by atoms with van der Waals surface area (Å²) in [5.74, 6) is 1.27. The number of rotatable bonds is 5. The van der Waals surface area contributed by atoms with Gasteiger partial charge in [0.05, 0.1) is 12.2 Å². The van der Waals surface area contributed by atoms with Crippen LogP contribution in [0.15, 0.2) is 24.3 Å². The molecule has 136 valence electrons. The van der Waals surface area contributed by atoms with Crippen molar-refractivity contribution in [1.82, 2.24) is 5.32 Å². The second-order valence-electron chi connectivity index (χ2n) is 7.09. The number of benzene rings is 1. The Kier molecular flexibility index (Phi) is 5.95. The molecule has 0 bridgehead atoms. The van der Waals surface area contributed by atoms with Crippen LogP contribution in [0.25, 0.3) is 0 Å². The SMILES string of the molecule is CNC(=O)[C@@H]1CN(C(=O)CCCC2CCCCC2)c2ccccc2O1. The third-order valence-corrected chi connectivity index (χ3v) is 5.34. The van der Waals surface area contributed by atoms with Crippen LogP contribution >= 0.6 is 0 Å². The van der Waals surface area contributed by atoms with Crippen LogP contribution in [0.1, 0.15) is 51.4 Å². The van der Waals surface area contributed by atoms with Crippen molar-refractivity contribution < 1.29 is 14.3 Å². The molecule has 1 fully saturated rings. The van der Waals surface area contributed by atoms with E-state index in [1.807, 2.05) is 24.3 Å². The molecule has 1 N–H and O–H groups in total. The van der Waals surface area contributed by atoms with Gasteiger partial charge in [0.2, 0.25) is 5.91 Å². The third kappa shape index (κ3) is 4.33. The van der Waals surface area contributed by atoms with E-state index in [9.17, 15) is 9.59 Å². The lowest BCUT2D eigenvalue weighted by Crippen LogP contribution is -2.50. The molecule has 2 aliphatic rings. The highest BCUT2D eigenvalue weighted by molar-refractivity contribution is 5.97. The number of likely N-dealkylation sites (N-methyl/N-ethyl adjacent to an activating group) is 1. The molecule has 1 aliphatic heterocycles. The third-order valence-electron chi connectivity index (χ3n) is 5.34.